The number of aryl methyl sites for hydroxylation is 1. The SMILES string of the molecule is Cn1nc(-c2csc(I)c2)c(-c2cc(F)cc(F)c2)c1N. The van der Waals surface area contributed by atoms with Gasteiger partial charge in [0.2, 0.25) is 0 Å². The Kier molecular flexibility index (Phi) is 3.70. The second-order valence-electron chi connectivity index (χ2n) is 4.53. The molecule has 0 saturated heterocycles. The molecule has 2 aromatic heterocycles. The number of nitrogens with two attached hydrogens (primary N) is 1. The highest BCUT2D eigenvalue weighted by Crippen LogP contribution is 2.38. The third-order valence-corrected chi connectivity index (χ3v) is 4.87. The third-order valence-electron chi connectivity index (χ3n) is 3.08. The first kappa shape index (κ1) is 14.5. The maximum atomic E-state index is 13.5. The zero-order chi connectivity index (χ0) is 15.1. The van der Waals surface area contributed by atoms with Crippen molar-refractivity contribution in [2.45, 2.75) is 0 Å². The molecule has 1 aromatic carbocycles. The number of hydrogen-bond acceptors (Lipinski definition) is 3. The van der Waals surface area contributed by atoms with Gasteiger partial charge in [-0.15, -0.1) is 11.3 Å². The van der Waals surface area contributed by atoms with Gasteiger partial charge in [0.25, 0.3) is 0 Å². The minimum absolute atomic E-state index is 0.371. The second-order valence-corrected chi connectivity index (χ2v) is 7.34. The minimum atomic E-state index is -0.640. The summed E-state index contributed by atoms with van der Waals surface area (Å²) in [4.78, 5) is 0. The molecule has 0 aliphatic heterocycles. The van der Waals surface area contributed by atoms with Gasteiger partial charge in [0.15, 0.2) is 0 Å². The molecule has 0 unspecified atom stereocenters. The van der Waals surface area contributed by atoms with Gasteiger partial charge in [0.1, 0.15) is 23.1 Å². The molecule has 7 heteroatoms. The number of thiophene rings is 1. The predicted octanol–water partition coefficient (Wildman–Crippen LogP) is 4.28. The number of rotatable bonds is 2. The quantitative estimate of drug-likeness (QED) is 0.633. The molecule has 0 saturated carbocycles. The molecule has 2 N–H and O–H groups in total. The lowest BCUT2D eigenvalue weighted by Crippen LogP contribution is -1.98. The Morgan fingerprint density at radius 3 is 2.38 bits per heavy atom. The van der Waals surface area contributed by atoms with E-state index in [0.717, 1.165) is 14.5 Å². The number of halogens is 3. The fourth-order valence-corrected chi connectivity index (χ4v) is 3.49. The van der Waals surface area contributed by atoms with Gasteiger partial charge < -0.3 is 5.73 Å². The van der Waals surface area contributed by atoms with Gasteiger partial charge in [-0.3, -0.25) is 4.68 Å². The van der Waals surface area contributed by atoms with Crippen LogP contribution in [0.5, 0.6) is 0 Å². The lowest BCUT2D eigenvalue weighted by molar-refractivity contribution is 0.584. The first-order valence-corrected chi connectivity index (χ1v) is 7.95. The summed E-state index contributed by atoms with van der Waals surface area (Å²) in [6.45, 7) is 0. The fraction of sp³-hybridized carbons (Fsp3) is 0.0714. The van der Waals surface area contributed by atoms with Crippen LogP contribution >= 0.6 is 33.9 Å². The van der Waals surface area contributed by atoms with Crippen molar-refractivity contribution < 1.29 is 8.78 Å². The lowest BCUT2D eigenvalue weighted by Gasteiger charge is -2.04. The second kappa shape index (κ2) is 5.38. The van der Waals surface area contributed by atoms with Gasteiger partial charge >= 0.3 is 0 Å². The van der Waals surface area contributed by atoms with Gasteiger partial charge in [-0.05, 0) is 46.4 Å². The van der Waals surface area contributed by atoms with Gasteiger partial charge in [-0.25, -0.2) is 8.78 Å². The predicted molar refractivity (Wildman–Crippen MR) is 89.0 cm³/mol. The molecule has 3 nitrogen and oxygen atoms in total. The Bertz CT molecular complexity index is 805. The first-order chi connectivity index (χ1) is 9.95. The molecule has 2 heterocycles. The van der Waals surface area contributed by atoms with Crippen LogP contribution < -0.4 is 5.73 Å². The van der Waals surface area contributed by atoms with Crippen molar-refractivity contribution in [1.29, 1.82) is 0 Å². The maximum absolute atomic E-state index is 13.5. The standard InChI is InChI=1S/C14H10F2IN3S/c1-20-14(18)12(7-2-9(15)5-10(16)3-7)13(19-20)8-4-11(17)21-6-8/h2-6H,18H2,1H3. The van der Waals surface area contributed by atoms with E-state index in [9.17, 15) is 8.78 Å². The van der Waals surface area contributed by atoms with E-state index in [-0.39, 0.29) is 0 Å². The zero-order valence-corrected chi connectivity index (χ0v) is 13.9. The molecule has 0 aliphatic carbocycles. The summed E-state index contributed by atoms with van der Waals surface area (Å²) in [7, 11) is 1.70. The third kappa shape index (κ3) is 2.67. The monoisotopic (exact) mass is 417 g/mol. The summed E-state index contributed by atoms with van der Waals surface area (Å²) in [5.41, 5.74) is 8.48. The summed E-state index contributed by atoms with van der Waals surface area (Å²) >= 11 is 3.79. The van der Waals surface area contributed by atoms with Crippen molar-refractivity contribution in [2.75, 3.05) is 5.73 Å². The highest BCUT2D eigenvalue weighted by molar-refractivity contribution is 14.1. The molecule has 3 aromatic rings. The molecule has 0 bridgehead atoms. The molecule has 0 fully saturated rings. The van der Waals surface area contributed by atoms with E-state index in [0.29, 0.717) is 22.6 Å². The topological polar surface area (TPSA) is 43.8 Å². The number of benzene rings is 1. The van der Waals surface area contributed by atoms with Crippen LogP contribution in [-0.4, -0.2) is 9.78 Å². The van der Waals surface area contributed by atoms with Crippen molar-refractivity contribution in [3.05, 3.63) is 44.2 Å². The average molecular weight is 417 g/mol. The van der Waals surface area contributed by atoms with Crippen molar-refractivity contribution in [1.82, 2.24) is 9.78 Å². The Morgan fingerprint density at radius 1 is 1.14 bits per heavy atom. The Morgan fingerprint density at radius 2 is 1.81 bits per heavy atom. The van der Waals surface area contributed by atoms with E-state index >= 15 is 0 Å². The van der Waals surface area contributed by atoms with E-state index in [1.54, 1.807) is 18.4 Å². The molecule has 21 heavy (non-hydrogen) atoms. The Labute approximate surface area is 137 Å². The fourth-order valence-electron chi connectivity index (χ4n) is 2.16. The zero-order valence-electron chi connectivity index (χ0n) is 10.9. The first-order valence-electron chi connectivity index (χ1n) is 5.99. The van der Waals surface area contributed by atoms with Gasteiger partial charge in [-0.1, -0.05) is 0 Å². The van der Waals surface area contributed by atoms with Crippen LogP contribution in [0.25, 0.3) is 22.4 Å². The molecule has 3 rings (SSSR count). The summed E-state index contributed by atoms with van der Waals surface area (Å²) in [5, 5.41) is 6.33. The number of anilines is 1. The van der Waals surface area contributed by atoms with Crippen LogP contribution in [-0.2, 0) is 7.05 Å². The number of hydrogen-bond donors (Lipinski definition) is 1. The highest BCUT2D eigenvalue weighted by atomic mass is 127. The van der Waals surface area contributed by atoms with Crippen LogP contribution in [0, 0.1) is 14.5 Å². The summed E-state index contributed by atoms with van der Waals surface area (Å²) in [6, 6.07) is 5.32. The van der Waals surface area contributed by atoms with Crippen molar-refractivity contribution in [3.63, 3.8) is 0 Å². The van der Waals surface area contributed by atoms with Crippen molar-refractivity contribution in [3.8, 4) is 22.4 Å². The Hall–Kier alpha value is -1.48. The van der Waals surface area contributed by atoms with Crippen molar-refractivity contribution in [2.24, 2.45) is 7.05 Å². The van der Waals surface area contributed by atoms with E-state index < -0.39 is 11.6 Å². The average Bonchev–Trinajstić information content (AvgIpc) is 2.94. The Balaban J connectivity index is 2.26. The molecule has 0 aliphatic rings. The number of aromatic nitrogens is 2. The molecular formula is C14H10F2IN3S. The summed E-state index contributed by atoms with van der Waals surface area (Å²) in [5.74, 6) is -0.908. The highest BCUT2D eigenvalue weighted by Gasteiger charge is 2.19. The number of nitrogens with zero attached hydrogens (tertiary/aromatic N) is 2. The van der Waals surface area contributed by atoms with E-state index in [4.69, 9.17) is 5.73 Å². The van der Waals surface area contributed by atoms with Crippen LogP contribution in [0.2, 0.25) is 0 Å². The minimum Gasteiger partial charge on any atom is -0.383 e. The van der Waals surface area contributed by atoms with Crippen LogP contribution in [0.3, 0.4) is 0 Å². The van der Waals surface area contributed by atoms with E-state index in [1.165, 1.54) is 16.8 Å². The van der Waals surface area contributed by atoms with Crippen LogP contribution in [0.1, 0.15) is 0 Å². The normalized spacial score (nSPS) is 11.0. The van der Waals surface area contributed by atoms with Crippen LogP contribution in [0.15, 0.2) is 29.6 Å². The molecule has 0 spiro atoms. The van der Waals surface area contributed by atoms with Gasteiger partial charge in [0, 0.05) is 24.1 Å². The molecule has 0 radical (unpaired) electrons. The van der Waals surface area contributed by atoms with E-state index in [1.807, 2.05) is 11.4 Å². The van der Waals surface area contributed by atoms with Gasteiger partial charge in [0.05, 0.1) is 8.45 Å². The lowest BCUT2D eigenvalue weighted by atomic mass is 10.0. The van der Waals surface area contributed by atoms with E-state index in [2.05, 4.69) is 27.7 Å². The largest absolute Gasteiger partial charge is 0.383 e. The van der Waals surface area contributed by atoms with Crippen molar-refractivity contribution >= 4 is 39.7 Å². The van der Waals surface area contributed by atoms with Crippen LogP contribution in [0.4, 0.5) is 14.6 Å². The smallest absolute Gasteiger partial charge is 0.129 e. The molecule has 0 amide bonds. The maximum Gasteiger partial charge on any atom is 0.129 e. The van der Waals surface area contributed by atoms with Gasteiger partial charge in [-0.2, -0.15) is 5.10 Å². The molecule has 0 atom stereocenters. The summed E-state index contributed by atoms with van der Waals surface area (Å²) in [6.07, 6.45) is 0. The number of nitrogen functional groups attached to an aromatic ring is 1. The molecule has 108 valence electrons. The molecular weight excluding hydrogens is 407 g/mol. The summed E-state index contributed by atoms with van der Waals surface area (Å²) < 4.78 is 29.6.